The highest BCUT2D eigenvalue weighted by Crippen LogP contribution is 2.38. The van der Waals surface area contributed by atoms with Gasteiger partial charge in [-0.2, -0.15) is 0 Å². The van der Waals surface area contributed by atoms with Crippen molar-refractivity contribution in [2.75, 3.05) is 0 Å². The predicted octanol–water partition coefficient (Wildman–Crippen LogP) is 8.81. The average Bonchev–Trinajstić information content (AvgIpc) is 2.72. The van der Waals surface area contributed by atoms with Gasteiger partial charge in [-0.1, -0.05) is 109 Å². The van der Waals surface area contributed by atoms with Crippen molar-refractivity contribution in [1.29, 1.82) is 0 Å². The van der Waals surface area contributed by atoms with Crippen LogP contribution in [0.25, 0.3) is 0 Å². The van der Waals surface area contributed by atoms with E-state index in [4.69, 9.17) is 4.74 Å². The lowest BCUT2D eigenvalue weighted by Crippen LogP contribution is -2.24. The lowest BCUT2D eigenvalue weighted by molar-refractivity contribution is 0.131. The summed E-state index contributed by atoms with van der Waals surface area (Å²) in [4.78, 5) is 0. The zero-order chi connectivity index (χ0) is 24.7. The quantitative estimate of drug-likeness (QED) is 0.383. The van der Waals surface area contributed by atoms with Crippen molar-refractivity contribution >= 4 is 0 Å². The molecule has 0 aliphatic carbocycles. The van der Waals surface area contributed by atoms with Crippen molar-refractivity contribution in [2.24, 2.45) is 0 Å². The van der Waals surface area contributed by atoms with Gasteiger partial charge in [0, 0.05) is 10.8 Å². The third kappa shape index (κ3) is 5.69. The molecule has 0 bridgehead atoms. The third-order valence-electron chi connectivity index (χ3n) is 6.78. The van der Waals surface area contributed by atoms with E-state index in [1.54, 1.807) is 0 Å². The minimum absolute atomic E-state index is 0.0765. The van der Waals surface area contributed by atoms with E-state index in [1.165, 1.54) is 27.8 Å². The molecule has 33 heavy (non-hydrogen) atoms. The Hall–Kier alpha value is -2.54. The number of rotatable bonds is 5. The monoisotopic (exact) mass is 442 g/mol. The molecule has 0 aliphatic heterocycles. The molecule has 3 aromatic carbocycles. The van der Waals surface area contributed by atoms with Crippen LogP contribution in [0.1, 0.15) is 97.1 Å². The molecule has 0 fully saturated rings. The van der Waals surface area contributed by atoms with Crippen LogP contribution in [0.3, 0.4) is 0 Å². The second-order valence-corrected chi connectivity index (χ2v) is 12.4. The number of hydrogen-bond acceptors (Lipinski definition) is 1. The Labute approximate surface area is 202 Å². The summed E-state index contributed by atoms with van der Waals surface area (Å²) in [5.41, 5.74) is 6.45. The van der Waals surface area contributed by atoms with Crippen molar-refractivity contribution in [2.45, 2.75) is 91.1 Å². The molecule has 1 nitrogen and oxygen atoms in total. The minimum atomic E-state index is -0.192. The molecule has 0 unspecified atom stereocenters. The predicted molar refractivity (Wildman–Crippen MR) is 143 cm³/mol. The van der Waals surface area contributed by atoms with Crippen LogP contribution < -0.4 is 4.74 Å². The van der Waals surface area contributed by atoms with Crippen molar-refractivity contribution in [3.63, 3.8) is 0 Å². The molecule has 0 heterocycles. The van der Waals surface area contributed by atoms with Gasteiger partial charge >= 0.3 is 0 Å². The Morgan fingerprint density at radius 1 is 0.455 bits per heavy atom. The van der Waals surface area contributed by atoms with Crippen molar-refractivity contribution in [3.8, 4) is 5.75 Å². The van der Waals surface area contributed by atoms with E-state index in [2.05, 4.69) is 142 Å². The van der Waals surface area contributed by atoms with Gasteiger partial charge in [0.15, 0.2) is 0 Å². The molecule has 0 N–H and O–H groups in total. The molecule has 0 aromatic heterocycles. The molecule has 0 spiro atoms. The summed E-state index contributed by atoms with van der Waals surface area (Å²) in [7, 11) is 0. The van der Waals surface area contributed by atoms with E-state index >= 15 is 0 Å². The molecule has 0 aliphatic rings. The van der Waals surface area contributed by atoms with E-state index < -0.39 is 0 Å². The van der Waals surface area contributed by atoms with Gasteiger partial charge in [-0.05, 0) is 66.1 Å². The number of ether oxygens (including phenoxy) is 1. The number of hydrogen-bond donors (Lipinski definition) is 0. The van der Waals surface area contributed by atoms with Crippen LogP contribution in [-0.2, 0) is 16.2 Å². The van der Waals surface area contributed by atoms with Gasteiger partial charge in [0.05, 0.1) is 0 Å². The molecule has 0 atom stereocenters. The fourth-order valence-electron chi connectivity index (χ4n) is 4.31. The van der Waals surface area contributed by atoms with Crippen LogP contribution >= 0.6 is 0 Å². The highest BCUT2D eigenvalue weighted by atomic mass is 16.5. The maximum atomic E-state index is 6.02. The maximum Gasteiger partial charge on any atom is 0.120 e. The summed E-state index contributed by atoms with van der Waals surface area (Å²) < 4.78 is 6.02. The summed E-state index contributed by atoms with van der Waals surface area (Å²) >= 11 is 0. The van der Waals surface area contributed by atoms with Gasteiger partial charge in [0.25, 0.3) is 0 Å². The first-order chi connectivity index (χ1) is 15.1. The van der Waals surface area contributed by atoms with Gasteiger partial charge in [-0.15, -0.1) is 0 Å². The van der Waals surface area contributed by atoms with Crippen LogP contribution in [0.5, 0.6) is 5.75 Å². The molecule has 0 saturated carbocycles. The van der Waals surface area contributed by atoms with Crippen molar-refractivity contribution in [3.05, 3.63) is 101 Å². The normalized spacial score (nSPS) is 13.2. The first-order valence-electron chi connectivity index (χ1n) is 12.1. The molecular weight excluding hydrogens is 400 g/mol. The second kappa shape index (κ2) is 8.67. The second-order valence-electron chi connectivity index (χ2n) is 12.4. The summed E-state index contributed by atoms with van der Waals surface area (Å²) in [6.07, 6.45) is 0. The largest absolute Gasteiger partial charge is 0.488 e. The average molecular weight is 443 g/mol. The Balaban J connectivity index is 1.92. The van der Waals surface area contributed by atoms with Crippen molar-refractivity contribution < 1.29 is 4.74 Å². The SMILES string of the molecule is CC(C)(C)Oc1ccc(C(C)(C)c2cccc(C(C)(C)c3ccc(C(C)(C)C)cc3)c2)cc1. The van der Waals surface area contributed by atoms with Crippen LogP contribution in [0.4, 0.5) is 0 Å². The van der Waals surface area contributed by atoms with Crippen molar-refractivity contribution in [1.82, 2.24) is 0 Å². The highest BCUT2D eigenvalue weighted by Gasteiger charge is 2.28. The highest BCUT2D eigenvalue weighted by molar-refractivity contribution is 5.46. The van der Waals surface area contributed by atoms with Gasteiger partial charge in [-0.25, -0.2) is 0 Å². The Bertz CT molecular complexity index is 1070. The summed E-state index contributed by atoms with van der Waals surface area (Å²) in [5, 5.41) is 0. The van der Waals surface area contributed by atoms with Crippen LogP contribution in [0, 0.1) is 0 Å². The van der Waals surface area contributed by atoms with E-state index in [1.807, 2.05) is 0 Å². The first kappa shape index (κ1) is 25.1. The van der Waals surface area contributed by atoms with E-state index in [-0.39, 0.29) is 21.8 Å². The standard InChI is InChI=1S/C32H42O/c1-29(2,3)23-14-16-24(17-15-23)31(7,8)26-12-11-13-27(22-26)32(9,10)25-18-20-28(21-19-25)33-30(4,5)6/h11-22H,1-10H3. The molecular formula is C32H42O. The summed E-state index contributed by atoms with van der Waals surface area (Å²) in [5.74, 6) is 0.913. The van der Waals surface area contributed by atoms with Gasteiger partial charge in [0.1, 0.15) is 11.4 Å². The Kier molecular flexibility index (Phi) is 6.59. The molecule has 176 valence electrons. The fourth-order valence-corrected chi connectivity index (χ4v) is 4.31. The third-order valence-corrected chi connectivity index (χ3v) is 6.78. The van der Waals surface area contributed by atoms with Gasteiger partial charge in [0.2, 0.25) is 0 Å². The molecule has 1 heteroatoms. The maximum absolute atomic E-state index is 6.02. The Morgan fingerprint density at radius 2 is 0.848 bits per heavy atom. The van der Waals surface area contributed by atoms with Gasteiger partial charge in [-0.3, -0.25) is 0 Å². The minimum Gasteiger partial charge on any atom is -0.488 e. The van der Waals surface area contributed by atoms with Crippen LogP contribution in [0.15, 0.2) is 72.8 Å². The fraction of sp³-hybridized carbons (Fsp3) is 0.438. The zero-order valence-corrected chi connectivity index (χ0v) is 22.3. The lowest BCUT2D eigenvalue weighted by Gasteiger charge is -2.31. The smallest absolute Gasteiger partial charge is 0.120 e. The van der Waals surface area contributed by atoms with E-state index in [0.717, 1.165) is 5.75 Å². The molecule has 0 saturated heterocycles. The summed E-state index contributed by atoms with van der Waals surface area (Å²) in [6, 6.07) is 26.8. The first-order valence-corrected chi connectivity index (χ1v) is 12.1. The van der Waals surface area contributed by atoms with Crippen LogP contribution in [0.2, 0.25) is 0 Å². The summed E-state index contributed by atoms with van der Waals surface area (Å²) in [6.45, 7) is 22.3. The van der Waals surface area contributed by atoms with E-state index in [9.17, 15) is 0 Å². The van der Waals surface area contributed by atoms with E-state index in [0.29, 0.717) is 0 Å². The van der Waals surface area contributed by atoms with Crippen LogP contribution in [-0.4, -0.2) is 5.60 Å². The van der Waals surface area contributed by atoms with Gasteiger partial charge < -0.3 is 4.74 Å². The molecule has 3 aromatic rings. The zero-order valence-electron chi connectivity index (χ0n) is 22.3. The molecule has 0 amide bonds. The lowest BCUT2D eigenvalue weighted by atomic mass is 9.73. The number of benzene rings is 3. The molecule has 3 rings (SSSR count). The molecule has 0 radical (unpaired) electrons. The Morgan fingerprint density at radius 3 is 1.24 bits per heavy atom. The topological polar surface area (TPSA) is 9.23 Å².